The van der Waals surface area contributed by atoms with Crippen molar-refractivity contribution in [2.75, 3.05) is 33.9 Å². The minimum Gasteiger partial charge on any atom is -0.497 e. The van der Waals surface area contributed by atoms with E-state index in [0.717, 1.165) is 36.8 Å². The van der Waals surface area contributed by atoms with Crippen LogP contribution in [0.25, 0.3) is 0 Å². The Morgan fingerprint density at radius 1 is 1.29 bits per heavy atom. The first-order valence-electron chi connectivity index (χ1n) is 9.40. The molecule has 1 saturated heterocycles. The van der Waals surface area contributed by atoms with Gasteiger partial charge in [-0.2, -0.15) is 0 Å². The number of methoxy groups -OCH3 is 1. The van der Waals surface area contributed by atoms with Crippen LogP contribution in [0.15, 0.2) is 47.6 Å². The zero-order chi connectivity index (χ0) is 19.1. The number of likely N-dealkylation sites (tertiary alicyclic amines) is 1. The van der Waals surface area contributed by atoms with Crippen LogP contribution in [-0.2, 0) is 6.54 Å². The molecule has 0 bridgehead atoms. The largest absolute Gasteiger partial charge is 0.497 e. The SMILES string of the molecule is CCOc1cc(CNC(=NC)N2CCC(c3ccc(OC)cc3)C2)ccn1.I. The third-order valence-corrected chi connectivity index (χ3v) is 4.83. The lowest BCUT2D eigenvalue weighted by molar-refractivity contribution is 0.326. The number of nitrogens with zero attached hydrogens (tertiary/aromatic N) is 3. The number of halogens is 1. The van der Waals surface area contributed by atoms with Gasteiger partial charge in [-0.15, -0.1) is 24.0 Å². The standard InChI is InChI=1S/C21H28N4O2.HI/c1-4-27-20-13-16(9-11-23-20)14-24-21(22-2)25-12-10-18(15-25)17-5-7-19(26-3)8-6-17;/h5-9,11,13,18H,4,10,12,14-15H2,1-3H3,(H,22,24);1H. The molecule has 1 aliphatic rings. The highest BCUT2D eigenvalue weighted by Gasteiger charge is 2.26. The van der Waals surface area contributed by atoms with Crippen LogP contribution in [0.5, 0.6) is 11.6 Å². The van der Waals surface area contributed by atoms with E-state index >= 15 is 0 Å². The van der Waals surface area contributed by atoms with Crippen LogP contribution < -0.4 is 14.8 Å². The zero-order valence-corrected chi connectivity index (χ0v) is 19.1. The number of nitrogens with one attached hydrogen (secondary N) is 1. The quantitative estimate of drug-likeness (QED) is 0.376. The van der Waals surface area contributed by atoms with Crippen molar-refractivity contribution < 1.29 is 9.47 Å². The van der Waals surface area contributed by atoms with Gasteiger partial charge in [0.2, 0.25) is 5.88 Å². The van der Waals surface area contributed by atoms with Gasteiger partial charge in [0.1, 0.15) is 5.75 Å². The lowest BCUT2D eigenvalue weighted by Crippen LogP contribution is -2.39. The van der Waals surface area contributed by atoms with Crippen LogP contribution in [0.1, 0.15) is 30.4 Å². The fourth-order valence-electron chi connectivity index (χ4n) is 3.40. The monoisotopic (exact) mass is 496 g/mol. The van der Waals surface area contributed by atoms with Gasteiger partial charge >= 0.3 is 0 Å². The minimum atomic E-state index is 0. The molecule has 1 atom stereocenters. The van der Waals surface area contributed by atoms with Gasteiger partial charge in [0, 0.05) is 44.9 Å². The number of hydrogen-bond acceptors (Lipinski definition) is 4. The molecule has 3 rings (SSSR count). The number of pyridine rings is 1. The molecule has 1 N–H and O–H groups in total. The number of guanidine groups is 1. The van der Waals surface area contributed by atoms with Crippen molar-refractivity contribution in [1.82, 2.24) is 15.2 Å². The molecule has 6 nitrogen and oxygen atoms in total. The summed E-state index contributed by atoms with van der Waals surface area (Å²) in [5, 5.41) is 3.46. The number of hydrogen-bond donors (Lipinski definition) is 1. The van der Waals surface area contributed by atoms with E-state index in [0.29, 0.717) is 24.9 Å². The van der Waals surface area contributed by atoms with Gasteiger partial charge < -0.3 is 19.7 Å². The van der Waals surface area contributed by atoms with Gasteiger partial charge in [-0.05, 0) is 42.7 Å². The maximum absolute atomic E-state index is 5.47. The van der Waals surface area contributed by atoms with E-state index in [4.69, 9.17) is 9.47 Å². The second-order valence-corrected chi connectivity index (χ2v) is 6.54. The molecule has 1 unspecified atom stereocenters. The molecule has 1 fully saturated rings. The fourth-order valence-corrected chi connectivity index (χ4v) is 3.40. The number of aliphatic imine (C=N–C) groups is 1. The second-order valence-electron chi connectivity index (χ2n) is 6.54. The average molecular weight is 496 g/mol. The molecule has 2 aromatic rings. The molecule has 0 amide bonds. The van der Waals surface area contributed by atoms with Crippen LogP contribution in [0.2, 0.25) is 0 Å². The van der Waals surface area contributed by atoms with E-state index in [2.05, 4.69) is 32.3 Å². The predicted molar refractivity (Wildman–Crippen MR) is 123 cm³/mol. The number of rotatable bonds is 6. The van der Waals surface area contributed by atoms with Crippen LogP contribution >= 0.6 is 24.0 Å². The zero-order valence-electron chi connectivity index (χ0n) is 16.7. The van der Waals surface area contributed by atoms with Crippen molar-refractivity contribution in [1.29, 1.82) is 0 Å². The van der Waals surface area contributed by atoms with Gasteiger partial charge in [-0.25, -0.2) is 4.98 Å². The van der Waals surface area contributed by atoms with Crippen molar-refractivity contribution in [2.24, 2.45) is 4.99 Å². The second kappa shape index (κ2) is 11.1. The van der Waals surface area contributed by atoms with Gasteiger partial charge in [0.05, 0.1) is 13.7 Å². The molecular formula is C21H29IN4O2. The Morgan fingerprint density at radius 3 is 2.75 bits per heavy atom. The molecule has 0 saturated carbocycles. The fraction of sp³-hybridized carbons (Fsp3) is 0.429. The van der Waals surface area contributed by atoms with Crippen LogP contribution in [0.4, 0.5) is 0 Å². The molecule has 28 heavy (non-hydrogen) atoms. The molecule has 1 aliphatic heterocycles. The Bertz CT molecular complexity index is 767. The third kappa shape index (κ3) is 5.73. The summed E-state index contributed by atoms with van der Waals surface area (Å²) in [6.07, 6.45) is 2.90. The highest BCUT2D eigenvalue weighted by Crippen LogP contribution is 2.28. The van der Waals surface area contributed by atoms with Gasteiger partial charge in [-0.1, -0.05) is 12.1 Å². The minimum absolute atomic E-state index is 0. The number of aromatic nitrogens is 1. The molecule has 1 aromatic carbocycles. The molecule has 152 valence electrons. The van der Waals surface area contributed by atoms with Gasteiger partial charge in [-0.3, -0.25) is 4.99 Å². The first kappa shape index (κ1) is 22.3. The summed E-state index contributed by atoms with van der Waals surface area (Å²) in [6, 6.07) is 12.3. The smallest absolute Gasteiger partial charge is 0.213 e. The maximum atomic E-state index is 5.47. The average Bonchev–Trinajstić information content (AvgIpc) is 3.19. The normalized spacial score (nSPS) is 16.5. The molecule has 7 heteroatoms. The molecule has 1 aromatic heterocycles. The first-order chi connectivity index (χ1) is 13.2. The Labute approximate surface area is 184 Å². The van der Waals surface area contributed by atoms with E-state index in [1.807, 2.05) is 38.2 Å². The van der Waals surface area contributed by atoms with Crippen LogP contribution in [0, 0.1) is 0 Å². The van der Waals surface area contributed by atoms with Gasteiger partial charge in [0.15, 0.2) is 5.96 Å². The van der Waals surface area contributed by atoms with Crippen LogP contribution in [-0.4, -0.2) is 49.7 Å². The Kier molecular flexibility index (Phi) is 8.82. The summed E-state index contributed by atoms with van der Waals surface area (Å²) in [5.74, 6) is 3.00. The van der Waals surface area contributed by atoms with Crippen molar-refractivity contribution in [3.8, 4) is 11.6 Å². The predicted octanol–water partition coefficient (Wildman–Crippen LogP) is 3.67. The number of benzene rings is 1. The molecule has 0 aliphatic carbocycles. The molecule has 2 heterocycles. The molecule has 0 radical (unpaired) electrons. The van der Waals surface area contributed by atoms with E-state index in [1.54, 1.807) is 13.3 Å². The van der Waals surface area contributed by atoms with Crippen molar-refractivity contribution in [3.63, 3.8) is 0 Å². The Morgan fingerprint density at radius 2 is 2.07 bits per heavy atom. The van der Waals surface area contributed by atoms with E-state index in [1.165, 1.54) is 5.56 Å². The summed E-state index contributed by atoms with van der Waals surface area (Å²) in [6.45, 7) is 5.23. The van der Waals surface area contributed by atoms with Gasteiger partial charge in [0.25, 0.3) is 0 Å². The third-order valence-electron chi connectivity index (χ3n) is 4.83. The van der Waals surface area contributed by atoms with E-state index in [9.17, 15) is 0 Å². The summed E-state index contributed by atoms with van der Waals surface area (Å²) in [7, 11) is 3.53. The lowest BCUT2D eigenvalue weighted by atomic mass is 9.98. The van der Waals surface area contributed by atoms with Crippen molar-refractivity contribution in [2.45, 2.75) is 25.8 Å². The van der Waals surface area contributed by atoms with Crippen molar-refractivity contribution in [3.05, 3.63) is 53.7 Å². The highest BCUT2D eigenvalue weighted by atomic mass is 127. The highest BCUT2D eigenvalue weighted by molar-refractivity contribution is 14.0. The van der Waals surface area contributed by atoms with E-state index in [-0.39, 0.29) is 24.0 Å². The summed E-state index contributed by atoms with van der Waals surface area (Å²) in [4.78, 5) is 11.0. The Hall–Kier alpha value is -2.03. The Balaban J connectivity index is 0.00000280. The van der Waals surface area contributed by atoms with Crippen LogP contribution in [0.3, 0.4) is 0 Å². The number of ether oxygens (including phenoxy) is 2. The maximum Gasteiger partial charge on any atom is 0.213 e. The van der Waals surface area contributed by atoms with E-state index < -0.39 is 0 Å². The lowest BCUT2D eigenvalue weighted by Gasteiger charge is -2.22. The first-order valence-corrected chi connectivity index (χ1v) is 9.40. The summed E-state index contributed by atoms with van der Waals surface area (Å²) < 4.78 is 10.7. The summed E-state index contributed by atoms with van der Waals surface area (Å²) >= 11 is 0. The topological polar surface area (TPSA) is 59.0 Å². The molecular weight excluding hydrogens is 467 g/mol. The van der Waals surface area contributed by atoms with Crippen molar-refractivity contribution >= 4 is 29.9 Å². The molecule has 0 spiro atoms. The summed E-state index contributed by atoms with van der Waals surface area (Å²) in [5.41, 5.74) is 2.48.